The normalized spacial score (nSPS) is 23.8. The highest BCUT2D eigenvalue weighted by atomic mass is 19.4. The molecule has 5 heteroatoms. The minimum Gasteiger partial charge on any atom is -0.382 e. The van der Waals surface area contributed by atoms with Crippen molar-refractivity contribution in [2.75, 3.05) is 19.6 Å². The highest BCUT2D eigenvalue weighted by molar-refractivity contribution is 4.84. The molecule has 0 aromatic heterocycles. The topological polar surface area (TPSA) is 23.5 Å². The fraction of sp³-hybridized carbons (Fsp3) is 1.00. The predicted octanol–water partition coefficient (Wildman–Crippen LogP) is 2.03. The molecule has 0 spiro atoms. The van der Waals surface area contributed by atoms with Gasteiger partial charge in [0.25, 0.3) is 0 Å². The van der Waals surface area contributed by atoms with E-state index in [9.17, 15) is 13.2 Å². The van der Waals surface area contributed by atoms with Crippen LogP contribution >= 0.6 is 0 Å². The molecule has 0 radical (unpaired) electrons. The summed E-state index contributed by atoms with van der Waals surface area (Å²) in [6.07, 6.45) is -2.16. The molecule has 1 N–H and O–H groups in total. The summed E-state index contributed by atoms with van der Waals surface area (Å²) in [6, 6.07) is 0. The van der Waals surface area contributed by atoms with E-state index < -0.39 is 12.3 Å². The van der Waals surface area contributed by atoms with Crippen molar-refractivity contribution in [2.24, 2.45) is 11.8 Å². The van der Waals surface area contributed by atoms with E-state index in [-0.39, 0.29) is 6.54 Å². The summed E-state index contributed by atoms with van der Waals surface area (Å²) < 4.78 is 36.7. The van der Waals surface area contributed by atoms with Gasteiger partial charge in [-0.2, -0.15) is 13.2 Å². The Hall–Kier alpha value is -0.290. The third-order valence-corrected chi connectivity index (χ3v) is 3.24. The molecule has 2 aliphatic rings. The molecule has 2 fully saturated rings. The van der Waals surface area contributed by atoms with Gasteiger partial charge in [0.05, 0.1) is 0 Å². The molecule has 2 saturated carbocycles. The first-order valence-corrected chi connectivity index (χ1v) is 5.92. The number of hydrogen-bond acceptors (Lipinski definition) is 2. The van der Waals surface area contributed by atoms with Gasteiger partial charge in [-0.3, -0.25) is 4.90 Å². The Morgan fingerprint density at radius 2 is 1.50 bits per heavy atom. The van der Waals surface area contributed by atoms with Crippen molar-refractivity contribution in [2.45, 2.75) is 38.0 Å². The predicted molar refractivity (Wildman–Crippen MR) is 53.9 cm³/mol. The second-order valence-electron chi connectivity index (χ2n) is 5.16. The van der Waals surface area contributed by atoms with Gasteiger partial charge in [-0.05, 0) is 37.5 Å². The van der Waals surface area contributed by atoms with E-state index in [1.165, 1.54) is 0 Å². The third kappa shape index (κ3) is 3.94. The quantitative estimate of drug-likeness (QED) is 0.764. The lowest BCUT2D eigenvalue weighted by molar-refractivity contribution is -0.208. The molecule has 0 amide bonds. The first-order valence-electron chi connectivity index (χ1n) is 5.92. The third-order valence-electron chi connectivity index (χ3n) is 3.24. The molecule has 0 aliphatic heterocycles. The van der Waals surface area contributed by atoms with Gasteiger partial charge >= 0.3 is 6.18 Å². The number of nitrogens with zero attached hydrogens (tertiary/aromatic N) is 1. The van der Waals surface area contributed by atoms with Gasteiger partial charge in [0.2, 0.25) is 0 Å². The Morgan fingerprint density at radius 3 is 1.81 bits per heavy atom. The highest BCUT2D eigenvalue weighted by Gasteiger charge is 2.40. The van der Waals surface area contributed by atoms with Crippen LogP contribution in [0.15, 0.2) is 0 Å². The van der Waals surface area contributed by atoms with Crippen LogP contribution in [0, 0.1) is 11.8 Å². The monoisotopic (exact) mass is 237 g/mol. The molecule has 0 heterocycles. The molecule has 0 saturated heterocycles. The zero-order valence-corrected chi connectivity index (χ0v) is 9.21. The maximum Gasteiger partial charge on any atom is 0.415 e. The molecule has 2 aliphatic carbocycles. The second-order valence-corrected chi connectivity index (χ2v) is 5.16. The molecule has 16 heavy (non-hydrogen) atoms. The Bertz CT molecular complexity index is 222. The van der Waals surface area contributed by atoms with E-state index in [1.807, 2.05) is 0 Å². The number of hydrogen-bond donors (Lipinski definition) is 1. The first kappa shape index (κ1) is 12.2. The molecular weight excluding hydrogens is 219 g/mol. The van der Waals surface area contributed by atoms with Crippen LogP contribution in [0.5, 0.6) is 0 Å². The van der Waals surface area contributed by atoms with Crippen LogP contribution in [0.2, 0.25) is 0 Å². The Labute approximate surface area is 93.4 Å². The van der Waals surface area contributed by atoms with E-state index in [1.54, 1.807) is 4.90 Å². The first-order chi connectivity index (χ1) is 7.45. The summed E-state index contributed by atoms with van der Waals surface area (Å²) >= 11 is 0. The maximum atomic E-state index is 12.2. The number of aliphatic hydroxyl groups is 1. The fourth-order valence-corrected chi connectivity index (χ4v) is 1.90. The summed E-state index contributed by atoms with van der Waals surface area (Å²) in [5.74, 6) is 1.14. The van der Waals surface area contributed by atoms with Crippen molar-refractivity contribution in [3.05, 3.63) is 0 Å². The molecule has 0 bridgehead atoms. The van der Waals surface area contributed by atoms with E-state index in [0.717, 1.165) is 38.8 Å². The molecule has 1 atom stereocenters. The maximum absolute atomic E-state index is 12.2. The van der Waals surface area contributed by atoms with Crippen molar-refractivity contribution in [3.8, 4) is 0 Å². The lowest BCUT2D eigenvalue weighted by atomic mass is 10.2. The van der Waals surface area contributed by atoms with Gasteiger partial charge in [0.15, 0.2) is 6.10 Å². The van der Waals surface area contributed by atoms with Crippen LogP contribution in [-0.4, -0.2) is 41.9 Å². The van der Waals surface area contributed by atoms with Gasteiger partial charge in [-0.25, -0.2) is 0 Å². The van der Waals surface area contributed by atoms with Crippen LogP contribution in [0.4, 0.5) is 13.2 Å². The van der Waals surface area contributed by atoms with Crippen LogP contribution in [-0.2, 0) is 0 Å². The van der Waals surface area contributed by atoms with Crippen LogP contribution in [0.1, 0.15) is 25.7 Å². The smallest absolute Gasteiger partial charge is 0.382 e. The number of halogens is 3. The number of alkyl halides is 3. The summed E-state index contributed by atoms with van der Waals surface area (Å²) in [7, 11) is 0. The Kier molecular flexibility index (Phi) is 3.45. The van der Waals surface area contributed by atoms with E-state index in [2.05, 4.69) is 0 Å². The Balaban J connectivity index is 1.79. The largest absolute Gasteiger partial charge is 0.415 e. The van der Waals surface area contributed by atoms with Crippen molar-refractivity contribution in [3.63, 3.8) is 0 Å². The van der Waals surface area contributed by atoms with Gasteiger partial charge in [0, 0.05) is 19.6 Å². The molecule has 2 nitrogen and oxygen atoms in total. The van der Waals surface area contributed by atoms with Gasteiger partial charge in [-0.15, -0.1) is 0 Å². The average Bonchev–Trinajstić information content (AvgIpc) is 2.97. The molecule has 1 unspecified atom stereocenters. The SMILES string of the molecule is OC(CN(CC1CC1)CC1CC1)C(F)(F)F. The standard InChI is InChI=1S/C11H18F3NO/c12-11(13,14)10(16)7-15(5-8-1-2-8)6-9-3-4-9/h8-10,16H,1-7H2. The average molecular weight is 237 g/mol. The molecule has 2 rings (SSSR count). The highest BCUT2D eigenvalue weighted by Crippen LogP contribution is 2.34. The Morgan fingerprint density at radius 1 is 1.06 bits per heavy atom. The lowest BCUT2D eigenvalue weighted by Crippen LogP contribution is -2.42. The zero-order chi connectivity index (χ0) is 11.8. The van der Waals surface area contributed by atoms with E-state index in [0.29, 0.717) is 11.8 Å². The van der Waals surface area contributed by atoms with E-state index in [4.69, 9.17) is 5.11 Å². The van der Waals surface area contributed by atoms with Crippen LogP contribution in [0.25, 0.3) is 0 Å². The van der Waals surface area contributed by atoms with Crippen molar-refractivity contribution >= 4 is 0 Å². The summed E-state index contributed by atoms with van der Waals surface area (Å²) in [5.41, 5.74) is 0. The zero-order valence-electron chi connectivity index (χ0n) is 9.21. The van der Waals surface area contributed by atoms with E-state index >= 15 is 0 Å². The lowest BCUT2D eigenvalue weighted by Gasteiger charge is -2.26. The summed E-state index contributed by atoms with van der Waals surface area (Å²) in [4.78, 5) is 1.80. The number of aliphatic hydroxyl groups excluding tert-OH is 1. The minimum absolute atomic E-state index is 0.253. The minimum atomic E-state index is -4.48. The van der Waals surface area contributed by atoms with Gasteiger partial charge in [-0.1, -0.05) is 0 Å². The van der Waals surface area contributed by atoms with Crippen molar-refractivity contribution in [1.29, 1.82) is 0 Å². The second kappa shape index (κ2) is 4.53. The summed E-state index contributed by atoms with van der Waals surface area (Å²) in [5, 5.41) is 9.06. The number of rotatable bonds is 6. The molecule has 0 aromatic rings. The van der Waals surface area contributed by atoms with Crippen LogP contribution in [0.3, 0.4) is 0 Å². The molecular formula is C11H18F3NO. The van der Waals surface area contributed by atoms with Gasteiger partial charge in [0.1, 0.15) is 0 Å². The fourth-order valence-electron chi connectivity index (χ4n) is 1.90. The summed E-state index contributed by atoms with van der Waals surface area (Å²) in [6.45, 7) is 1.20. The molecule has 0 aromatic carbocycles. The van der Waals surface area contributed by atoms with Crippen molar-refractivity contribution in [1.82, 2.24) is 4.90 Å². The van der Waals surface area contributed by atoms with Crippen LogP contribution < -0.4 is 0 Å². The van der Waals surface area contributed by atoms with Crippen molar-refractivity contribution < 1.29 is 18.3 Å². The molecule has 94 valence electrons. The van der Waals surface area contributed by atoms with Gasteiger partial charge < -0.3 is 5.11 Å².